The molecule has 0 bridgehead atoms. The molecule has 0 aliphatic carbocycles. The molecule has 8 heteroatoms. The second kappa shape index (κ2) is 11.7. The Labute approximate surface area is 220 Å². The van der Waals surface area contributed by atoms with Crippen LogP contribution in [0, 0.1) is 25.2 Å². The van der Waals surface area contributed by atoms with E-state index in [1.54, 1.807) is 19.1 Å². The zero-order valence-corrected chi connectivity index (χ0v) is 21.6. The molecule has 2 N–H and O–H groups in total. The van der Waals surface area contributed by atoms with E-state index in [9.17, 15) is 14.9 Å². The number of carbonyl (C=O) groups excluding carboxylic acids is 2. The maximum atomic E-state index is 13.2. The lowest BCUT2D eigenvalue weighted by atomic mass is 9.84. The quantitative estimate of drug-likeness (QED) is 0.374. The molecule has 0 fully saturated rings. The number of ether oxygens (including phenoxy) is 1. The third-order valence-electron chi connectivity index (χ3n) is 6.06. The summed E-state index contributed by atoms with van der Waals surface area (Å²) in [5, 5.41) is 16.9. The number of nitrogens with one attached hydrogen (secondary N) is 2. The van der Waals surface area contributed by atoms with E-state index in [0.717, 1.165) is 22.4 Å². The van der Waals surface area contributed by atoms with Crippen LogP contribution in [0.4, 0.5) is 5.69 Å². The van der Waals surface area contributed by atoms with Crippen LogP contribution in [0.15, 0.2) is 87.5 Å². The van der Waals surface area contributed by atoms with E-state index in [0.29, 0.717) is 16.5 Å². The van der Waals surface area contributed by atoms with Crippen molar-refractivity contribution in [3.05, 3.63) is 106 Å². The summed E-state index contributed by atoms with van der Waals surface area (Å²) in [7, 11) is 0. The Morgan fingerprint density at radius 2 is 1.89 bits per heavy atom. The summed E-state index contributed by atoms with van der Waals surface area (Å²) >= 11 is 1.20. The number of esters is 1. The summed E-state index contributed by atoms with van der Waals surface area (Å²) in [6.07, 6.45) is 1.50. The lowest BCUT2D eigenvalue weighted by Crippen LogP contribution is -2.29. The highest BCUT2D eigenvalue weighted by atomic mass is 32.2. The summed E-state index contributed by atoms with van der Waals surface area (Å²) in [6, 6.07) is 20.8. The van der Waals surface area contributed by atoms with Crippen molar-refractivity contribution in [3.8, 4) is 6.07 Å². The van der Waals surface area contributed by atoms with Gasteiger partial charge in [0.25, 0.3) is 0 Å². The Morgan fingerprint density at radius 1 is 1.11 bits per heavy atom. The second-order valence-electron chi connectivity index (χ2n) is 8.39. The first-order valence-corrected chi connectivity index (χ1v) is 12.8. The normalized spacial score (nSPS) is 15.1. The van der Waals surface area contributed by atoms with Crippen LogP contribution in [-0.4, -0.2) is 24.2 Å². The van der Waals surface area contributed by atoms with E-state index in [1.165, 1.54) is 18.0 Å². The highest BCUT2D eigenvalue weighted by Crippen LogP contribution is 2.43. The number of dihydropyridines is 1. The monoisotopic (exact) mass is 513 g/mol. The van der Waals surface area contributed by atoms with Gasteiger partial charge in [0.1, 0.15) is 5.76 Å². The number of allylic oxidation sites excluding steroid dienone is 1. The molecule has 7 nitrogen and oxygen atoms in total. The fourth-order valence-corrected chi connectivity index (χ4v) is 4.95. The number of hydrogen-bond donors (Lipinski definition) is 2. The molecule has 37 heavy (non-hydrogen) atoms. The Hall–Kier alpha value is -4.22. The molecule has 0 spiro atoms. The Kier molecular flexibility index (Phi) is 8.16. The van der Waals surface area contributed by atoms with Gasteiger partial charge in [0.2, 0.25) is 5.91 Å². The summed E-state index contributed by atoms with van der Waals surface area (Å²) in [5.41, 5.74) is 4.65. The highest BCUT2D eigenvalue weighted by Gasteiger charge is 2.38. The van der Waals surface area contributed by atoms with Crippen LogP contribution in [-0.2, 0) is 14.3 Å². The van der Waals surface area contributed by atoms with Gasteiger partial charge in [-0.3, -0.25) is 4.79 Å². The highest BCUT2D eigenvalue weighted by molar-refractivity contribution is 8.03. The smallest absolute Gasteiger partial charge is 0.337 e. The zero-order chi connectivity index (χ0) is 26.4. The molecular formula is C29H27N3O4S. The van der Waals surface area contributed by atoms with Crippen LogP contribution in [0.25, 0.3) is 5.70 Å². The molecule has 0 unspecified atom stereocenters. The van der Waals surface area contributed by atoms with Gasteiger partial charge >= 0.3 is 5.97 Å². The molecule has 3 aromatic rings. The predicted molar refractivity (Wildman–Crippen MR) is 144 cm³/mol. The lowest BCUT2D eigenvalue weighted by molar-refractivity contribution is -0.138. The number of nitriles is 1. The van der Waals surface area contributed by atoms with E-state index >= 15 is 0 Å². The minimum atomic E-state index is -0.792. The Balaban J connectivity index is 1.71. The maximum absolute atomic E-state index is 13.2. The summed E-state index contributed by atoms with van der Waals surface area (Å²) in [5.74, 6) is -1.05. The Bertz CT molecular complexity index is 1400. The largest absolute Gasteiger partial charge is 0.468 e. The first-order chi connectivity index (χ1) is 17.9. The van der Waals surface area contributed by atoms with Gasteiger partial charge in [-0.05, 0) is 55.7 Å². The number of carbonyl (C=O) groups is 2. The molecule has 2 heterocycles. The third kappa shape index (κ3) is 5.63. The molecule has 0 radical (unpaired) electrons. The number of benzene rings is 2. The number of nitrogens with zero attached hydrogens (tertiary/aromatic N) is 1. The van der Waals surface area contributed by atoms with Gasteiger partial charge in [-0.25, -0.2) is 4.79 Å². The summed E-state index contributed by atoms with van der Waals surface area (Å²) < 4.78 is 11.1. The molecule has 4 rings (SSSR count). The summed E-state index contributed by atoms with van der Waals surface area (Å²) in [6.45, 7) is 5.86. The van der Waals surface area contributed by atoms with Crippen molar-refractivity contribution in [2.75, 3.05) is 17.7 Å². The number of thioether (sulfide) groups is 1. The number of aryl methyl sites for hydroxylation is 1. The van der Waals surface area contributed by atoms with E-state index in [4.69, 9.17) is 9.15 Å². The van der Waals surface area contributed by atoms with Crippen LogP contribution in [0.3, 0.4) is 0 Å². The predicted octanol–water partition coefficient (Wildman–Crippen LogP) is 5.66. The van der Waals surface area contributed by atoms with Crippen LogP contribution >= 0.6 is 11.8 Å². The van der Waals surface area contributed by atoms with Crippen molar-refractivity contribution in [1.82, 2.24) is 5.32 Å². The fraction of sp³-hybridized carbons (Fsp3) is 0.207. The van der Waals surface area contributed by atoms with Crippen molar-refractivity contribution < 1.29 is 18.7 Å². The first-order valence-electron chi connectivity index (χ1n) is 11.8. The third-order valence-corrected chi connectivity index (χ3v) is 7.08. The van der Waals surface area contributed by atoms with Gasteiger partial charge in [0.15, 0.2) is 0 Å². The molecular weight excluding hydrogens is 486 g/mol. The van der Waals surface area contributed by atoms with Crippen molar-refractivity contribution in [1.29, 1.82) is 5.26 Å². The number of furan rings is 1. The molecule has 1 aliphatic rings. The maximum Gasteiger partial charge on any atom is 0.337 e. The van der Waals surface area contributed by atoms with Gasteiger partial charge in [-0.1, -0.05) is 54.2 Å². The number of anilines is 1. The molecule has 1 atom stereocenters. The Morgan fingerprint density at radius 3 is 2.57 bits per heavy atom. The van der Waals surface area contributed by atoms with Gasteiger partial charge in [0, 0.05) is 5.69 Å². The molecule has 188 valence electrons. The molecule has 1 aromatic heterocycles. The fourth-order valence-electron chi connectivity index (χ4n) is 4.11. The van der Waals surface area contributed by atoms with Gasteiger partial charge in [0.05, 0.1) is 52.5 Å². The van der Waals surface area contributed by atoms with Crippen molar-refractivity contribution in [2.24, 2.45) is 0 Å². The van der Waals surface area contributed by atoms with E-state index in [2.05, 4.69) is 16.7 Å². The standard InChI is InChI=1S/C29H27N3O4S/c1-4-35-29(34)26-25(23-14-9-15-36-23)21(16-30)28(32-27(26)20-11-6-5-7-12-20)37-17-24(33)31-22-13-8-10-18(2)19(22)3/h5-15,25,32H,4,17H2,1-3H3,(H,31,33)/t25-/m1/s1. The molecule has 2 aromatic carbocycles. The van der Waals surface area contributed by atoms with E-state index < -0.39 is 11.9 Å². The van der Waals surface area contributed by atoms with Crippen LogP contribution in [0.5, 0.6) is 0 Å². The molecule has 1 aliphatic heterocycles. The van der Waals surface area contributed by atoms with Crippen molar-refractivity contribution in [3.63, 3.8) is 0 Å². The topological polar surface area (TPSA) is 104 Å². The number of rotatable bonds is 8. The van der Waals surface area contributed by atoms with Gasteiger partial charge in [-0.15, -0.1) is 0 Å². The SMILES string of the molecule is CCOC(=O)C1=C(c2ccccc2)NC(SCC(=O)Nc2cccc(C)c2C)=C(C#N)[C@@H]1c1ccco1. The molecule has 0 saturated carbocycles. The summed E-state index contributed by atoms with van der Waals surface area (Å²) in [4.78, 5) is 26.1. The van der Waals surface area contributed by atoms with Gasteiger partial charge in [-0.2, -0.15) is 5.26 Å². The van der Waals surface area contributed by atoms with Crippen molar-refractivity contribution >= 4 is 35.0 Å². The minimum Gasteiger partial charge on any atom is -0.468 e. The first kappa shape index (κ1) is 25.9. The molecule has 1 amide bonds. The van der Waals surface area contributed by atoms with Crippen LogP contribution < -0.4 is 10.6 Å². The lowest BCUT2D eigenvalue weighted by Gasteiger charge is -2.29. The number of amides is 1. The van der Waals surface area contributed by atoms with E-state index in [1.807, 2.05) is 62.4 Å². The van der Waals surface area contributed by atoms with Crippen LogP contribution in [0.1, 0.15) is 35.3 Å². The zero-order valence-electron chi connectivity index (χ0n) is 20.8. The van der Waals surface area contributed by atoms with Crippen molar-refractivity contribution in [2.45, 2.75) is 26.7 Å². The second-order valence-corrected chi connectivity index (χ2v) is 9.37. The van der Waals surface area contributed by atoms with Gasteiger partial charge < -0.3 is 19.8 Å². The minimum absolute atomic E-state index is 0.0581. The van der Waals surface area contributed by atoms with E-state index in [-0.39, 0.29) is 29.4 Å². The molecule has 0 saturated heterocycles. The number of hydrogen-bond acceptors (Lipinski definition) is 7. The average Bonchev–Trinajstić information content (AvgIpc) is 3.44. The van der Waals surface area contributed by atoms with Crippen LogP contribution in [0.2, 0.25) is 0 Å². The average molecular weight is 514 g/mol.